The zero-order valence-corrected chi connectivity index (χ0v) is 9.45. The van der Waals surface area contributed by atoms with Crippen LogP contribution in [0.1, 0.15) is 27.2 Å². The van der Waals surface area contributed by atoms with Crippen LogP contribution < -0.4 is 16.2 Å². The summed E-state index contributed by atoms with van der Waals surface area (Å²) in [5.74, 6) is 0.901. The Bertz CT molecular complexity index is 312. The number of nitrogens with two attached hydrogens (primary N) is 2. The molecule has 0 aliphatic carbocycles. The number of hydrogen-bond acceptors (Lipinski definition) is 5. The van der Waals surface area contributed by atoms with E-state index in [0.29, 0.717) is 18.3 Å². The molecule has 0 fully saturated rings. The molecule has 0 radical (unpaired) electrons. The fraction of sp³-hybridized carbons (Fsp3) is 0.600. The summed E-state index contributed by atoms with van der Waals surface area (Å²) in [6.45, 7) is 7.05. The predicted molar refractivity (Wildman–Crippen MR) is 60.4 cm³/mol. The summed E-state index contributed by atoms with van der Waals surface area (Å²) in [4.78, 5) is 7.67. The quantitative estimate of drug-likeness (QED) is 0.788. The van der Waals surface area contributed by atoms with E-state index in [-0.39, 0.29) is 11.4 Å². The van der Waals surface area contributed by atoms with Crippen molar-refractivity contribution in [3.63, 3.8) is 0 Å². The van der Waals surface area contributed by atoms with Crippen LogP contribution in [0.5, 0.6) is 5.88 Å². The lowest BCUT2D eigenvalue weighted by molar-refractivity contribution is 0.236. The molecule has 1 rings (SSSR count). The van der Waals surface area contributed by atoms with Crippen LogP contribution in [0, 0.1) is 5.41 Å². The van der Waals surface area contributed by atoms with Gasteiger partial charge in [-0.2, -0.15) is 9.97 Å². The lowest BCUT2D eigenvalue weighted by Gasteiger charge is -2.17. The first-order valence-corrected chi connectivity index (χ1v) is 4.90. The van der Waals surface area contributed by atoms with Crippen LogP contribution in [-0.2, 0) is 0 Å². The zero-order chi connectivity index (χ0) is 11.5. The topological polar surface area (TPSA) is 87.0 Å². The number of hydrogen-bond donors (Lipinski definition) is 2. The van der Waals surface area contributed by atoms with Gasteiger partial charge in [-0.15, -0.1) is 0 Å². The van der Waals surface area contributed by atoms with Crippen LogP contribution in [0.25, 0.3) is 0 Å². The Morgan fingerprint density at radius 3 is 2.47 bits per heavy atom. The molecule has 0 saturated carbocycles. The first-order chi connectivity index (χ1) is 6.87. The van der Waals surface area contributed by atoms with Crippen molar-refractivity contribution in [3.8, 4) is 5.88 Å². The number of rotatable bonds is 3. The highest BCUT2D eigenvalue weighted by atomic mass is 16.5. The molecular formula is C10H18N4O. The summed E-state index contributed by atoms with van der Waals surface area (Å²) in [6, 6.07) is 1.57. The van der Waals surface area contributed by atoms with Crippen LogP contribution >= 0.6 is 0 Å². The van der Waals surface area contributed by atoms with Gasteiger partial charge >= 0.3 is 0 Å². The number of nitrogen functional groups attached to an aromatic ring is 2. The Morgan fingerprint density at radius 2 is 1.93 bits per heavy atom. The van der Waals surface area contributed by atoms with Crippen molar-refractivity contribution in [1.29, 1.82) is 0 Å². The second-order valence-corrected chi connectivity index (χ2v) is 4.65. The van der Waals surface area contributed by atoms with Gasteiger partial charge in [0.25, 0.3) is 0 Å². The molecular weight excluding hydrogens is 192 g/mol. The normalized spacial score (nSPS) is 11.4. The van der Waals surface area contributed by atoms with Crippen molar-refractivity contribution in [1.82, 2.24) is 9.97 Å². The van der Waals surface area contributed by atoms with Gasteiger partial charge in [-0.1, -0.05) is 20.8 Å². The second kappa shape index (κ2) is 4.33. The Balaban J connectivity index is 2.51. The van der Waals surface area contributed by atoms with Crippen molar-refractivity contribution in [2.45, 2.75) is 27.2 Å². The minimum absolute atomic E-state index is 0.140. The SMILES string of the molecule is CC(C)(C)CCOc1cc(N)nc(N)n1. The molecule has 4 N–H and O–H groups in total. The summed E-state index contributed by atoms with van der Waals surface area (Å²) in [6.07, 6.45) is 0.941. The van der Waals surface area contributed by atoms with Crippen molar-refractivity contribution in [3.05, 3.63) is 6.07 Å². The molecule has 84 valence electrons. The van der Waals surface area contributed by atoms with E-state index >= 15 is 0 Å². The van der Waals surface area contributed by atoms with Gasteiger partial charge in [-0.3, -0.25) is 0 Å². The molecule has 1 aromatic rings. The summed E-state index contributed by atoms with van der Waals surface area (Å²) < 4.78 is 5.43. The highest BCUT2D eigenvalue weighted by Gasteiger charge is 2.10. The maximum absolute atomic E-state index is 5.51. The predicted octanol–water partition coefficient (Wildman–Crippen LogP) is 1.46. The van der Waals surface area contributed by atoms with Gasteiger partial charge in [0.2, 0.25) is 11.8 Å². The average molecular weight is 210 g/mol. The molecule has 5 nitrogen and oxygen atoms in total. The van der Waals surface area contributed by atoms with Crippen molar-refractivity contribution in [2.24, 2.45) is 5.41 Å². The van der Waals surface area contributed by atoms with E-state index < -0.39 is 0 Å². The highest BCUT2D eigenvalue weighted by molar-refractivity contribution is 5.38. The van der Waals surface area contributed by atoms with Crippen LogP contribution in [0.3, 0.4) is 0 Å². The number of anilines is 2. The monoisotopic (exact) mass is 210 g/mol. The minimum atomic E-state index is 0.140. The fourth-order valence-corrected chi connectivity index (χ4v) is 0.997. The summed E-state index contributed by atoms with van der Waals surface area (Å²) in [7, 11) is 0. The number of aromatic nitrogens is 2. The van der Waals surface area contributed by atoms with Gasteiger partial charge in [0.15, 0.2) is 0 Å². The molecule has 0 spiro atoms. The van der Waals surface area contributed by atoms with Crippen molar-refractivity contribution in [2.75, 3.05) is 18.1 Å². The lowest BCUT2D eigenvalue weighted by atomic mass is 9.93. The molecule has 1 aromatic heterocycles. The average Bonchev–Trinajstić information content (AvgIpc) is 1.99. The first-order valence-electron chi connectivity index (χ1n) is 4.90. The number of ether oxygens (including phenoxy) is 1. The summed E-state index contributed by atoms with van der Waals surface area (Å²) in [5.41, 5.74) is 11.2. The van der Waals surface area contributed by atoms with Crippen molar-refractivity contribution < 1.29 is 4.74 Å². The molecule has 0 unspecified atom stereocenters. The van der Waals surface area contributed by atoms with Crippen LogP contribution in [0.2, 0.25) is 0 Å². The standard InChI is InChI=1S/C10H18N4O/c1-10(2,3)4-5-15-8-6-7(11)13-9(12)14-8/h6H,4-5H2,1-3H3,(H4,11,12,13,14). The van der Waals surface area contributed by atoms with Gasteiger partial charge in [0.05, 0.1) is 6.61 Å². The maximum Gasteiger partial charge on any atom is 0.225 e. The molecule has 0 atom stereocenters. The van der Waals surface area contributed by atoms with Gasteiger partial charge in [-0.05, 0) is 11.8 Å². The smallest absolute Gasteiger partial charge is 0.225 e. The molecule has 0 aromatic carbocycles. The minimum Gasteiger partial charge on any atom is -0.477 e. The zero-order valence-electron chi connectivity index (χ0n) is 9.45. The second-order valence-electron chi connectivity index (χ2n) is 4.65. The Kier molecular flexibility index (Phi) is 3.34. The van der Waals surface area contributed by atoms with E-state index in [1.54, 1.807) is 6.07 Å². The van der Waals surface area contributed by atoms with Crippen molar-refractivity contribution >= 4 is 11.8 Å². The van der Waals surface area contributed by atoms with E-state index in [1.807, 2.05) is 0 Å². The van der Waals surface area contributed by atoms with E-state index in [9.17, 15) is 0 Å². The molecule has 0 bridgehead atoms. The van der Waals surface area contributed by atoms with Gasteiger partial charge in [0, 0.05) is 6.07 Å². The van der Waals surface area contributed by atoms with Gasteiger partial charge in [0.1, 0.15) is 5.82 Å². The molecule has 0 aliphatic heterocycles. The summed E-state index contributed by atoms with van der Waals surface area (Å²) >= 11 is 0. The molecule has 1 heterocycles. The van der Waals surface area contributed by atoms with Crippen LogP contribution in [-0.4, -0.2) is 16.6 Å². The Hall–Kier alpha value is -1.52. The third kappa shape index (κ3) is 4.49. The van der Waals surface area contributed by atoms with Crippen LogP contribution in [0.4, 0.5) is 11.8 Å². The molecule has 0 amide bonds. The van der Waals surface area contributed by atoms with Crippen LogP contribution in [0.15, 0.2) is 6.07 Å². The maximum atomic E-state index is 5.51. The van der Waals surface area contributed by atoms with E-state index in [4.69, 9.17) is 16.2 Å². The first kappa shape index (κ1) is 11.6. The molecule has 0 saturated heterocycles. The molecule has 0 aliphatic rings. The van der Waals surface area contributed by atoms with Gasteiger partial charge < -0.3 is 16.2 Å². The fourth-order valence-electron chi connectivity index (χ4n) is 0.997. The summed E-state index contributed by atoms with van der Waals surface area (Å²) in [5, 5.41) is 0. The number of nitrogens with zero attached hydrogens (tertiary/aromatic N) is 2. The highest BCUT2D eigenvalue weighted by Crippen LogP contribution is 2.19. The van der Waals surface area contributed by atoms with E-state index in [0.717, 1.165) is 6.42 Å². The largest absolute Gasteiger partial charge is 0.477 e. The van der Waals surface area contributed by atoms with Gasteiger partial charge in [-0.25, -0.2) is 0 Å². The molecule has 5 heteroatoms. The van der Waals surface area contributed by atoms with E-state index in [1.165, 1.54) is 0 Å². The Labute approximate surface area is 89.9 Å². The third-order valence-corrected chi connectivity index (χ3v) is 1.84. The van der Waals surface area contributed by atoms with E-state index in [2.05, 4.69) is 30.7 Å². The molecule has 15 heavy (non-hydrogen) atoms. The third-order valence-electron chi connectivity index (χ3n) is 1.84. The lowest BCUT2D eigenvalue weighted by Crippen LogP contribution is -2.12. The Morgan fingerprint density at radius 1 is 1.27 bits per heavy atom.